The lowest BCUT2D eigenvalue weighted by molar-refractivity contribution is 0.0627. The molecule has 0 unspecified atom stereocenters. The smallest absolute Gasteiger partial charge is 0.270 e. The summed E-state index contributed by atoms with van der Waals surface area (Å²) in [7, 11) is 0. The fourth-order valence-corrected chi connectivity index (χ4v) is 5.28. The summed E-state index contributed by atoms with van der Waals surface area (Å²) >= 11 is 5.94. The van der Waals surface area contributed by atoms with Crippen LogP contribution in [-0.4, -0.2) is 83.0 Å². The van der Waals surface area contributed by atoms with Gasteiger partial charge in [0.1, 0.15) is 17.7 Å². The van der Waals surface area contributed by atoms with E-state index in [1.165, 1.54) is 24.4 Å². The van der Waals surface area contributed by atoms with E-state index in [1.54, 1.807) is 23.1 Å². The van der Waals surface area contributed by atoms with Gasteiger partial charge in [0, 0.05) is 63.6 Å². The molecule has 0 radical (unpaired) electrons. The molecular formula is C30H32ClF2N5O2. The van der Waals surface area contributed by atoms with Crippen LogP contribution >= 0.6 is 11.6 Å². The molecule has 2 aliphatic rings. The molecule has 40 heavy (non-hydrogen) atoms. The number of benzene rings is 2. The standard InChI is InChI=1S/C30H32ClF2N5O2/c31-24-6-1-21(2-7-24)19-37-12-11-27(26(33)20-37)35-29(39)28-10-5-23(17-34-28)30(40)38-15-13-36(14-16-38)18-22-3-8-25(32)9-4-22/h1-10,17,26-27H,11-16,18-20H2,(H,35,39)/t26-,27+/m1/s1. The lowest BCUT2D eigenvalue weighted by atomic mass is 10.0. The fourth-order valence-electron chi connectivity index (χ4n) is 5.16. The largest absolute Gasteiger partial charge is 0.345 e. The van der Waals surface area contributed by atoms with Crippen LogP contribution < -0.4 is 5.32 Å². The number of likely N-dealkylation sites (tertiary alicyclic amines) is 1. The fraction of sp³-hybridized carbons (Fsp3) is 0.367. The van der Waals surface area contributed by atoms with Gasteiger partial charge in [0.25, 0.3) is 11.8 Å². The molecule has 3 aromatic rings. The van der Waals surface area contributed by atoms with Gasteiger partial charge in [-0.25, -0.2) is 8.78 Å². The van der Waals surface area contributed by atoms with Crippen LogP contribution in [0, 0.1) is 5.82 Å². The van der Waals surface area contributed by atoms with Crippen molar-refractivity contribution in [1.29, 1.82) is 0 Å². The topological polar surface area (TPSA) is 68.8 Å². The van der Waals surface area contributed by atoms with Crippen LogP contribution in [0.4, 0.5) is 8.78 Å². The summed E-state index contributed by atoms with van der Waals surface area (Å²) in [5.74, 6) is -0.848. The van der Waals surface area contributed by atoms with Crippen LogP contribution in [0.5, 0.6) is 0 Å². The summed E-state index contributed by atoms with van der Waals surface area (Å²) in [4.78, 5) is 36.0. The van der Waals surface area contributed by atoms with E-state index in [1.807, 2.05) is 29.2 Å². The molecule has 5 rings (SSSR count). The summed E-state index contributed by atoms with van der Waals surface area (Å²) in [5, 5.41) is 3.44. The van der Waals surface area contributed by atoms with Gasteiger partial charge in [0.2, 0.25) is 0 Å². The van der Waals surface area contributed by atoms with Gasteiger partial charge >= 0.3 is 0 Å². The van der Waals surface area contributed by atoms with Gasteiger partial charge in [-0.1, -0.05) is 35.9 Å². The van der Waals surface area contributed by atoms with Crippen LogP contribution in [0.15, 0.2) is 66.9 Å². The Bertz CT molecular complexity index is 1300. The number of nitrogens with zero attached hydrogens (tertiary/aromatic N) is 4. The first-order valence-electron chi connectivity index (χ1n) is 13.5. The summed E-state index contributed by atoms with van der Waals surface area (Å²) in [6.07, 6.45) is 0.695. The highest BCUT2D eigenvalue weighted by Crippen LogP contribution is 2.19. The third kappa shape index (κ3) is 7.21. The molecule has 3 heterocycles. The zero-order valence-corrected chi connectivity index (χ0v) is 22.9. The van der Waals surface area contributed by atoms with Crippen molar-refractivity contribution in [3.05, 3.63) is 100 Å². The quantitative estimate of drug-likeness (QED) is 0.464. The number of piperazine rings is 1. The summed E-state index contributed by atoms with van der Waals surface area (Å²) < 4.78 is 28.1. The Hall–Kier alpha value is -3.40. The van der Waals surface area contributed by atoms with Crippen molar-refractivity contribution in [2.75, 3.05) is 39.3 Å². The minimum Gasteiger partial charge on any atom is -0.345 e. The first-order chi connectivity index (χ1) is 19.3. The number of carbonyl (C=O) groups excluding carboxylic acids is 2. The van der Waals surface area contributed by atoms with E-state index in [9.17, 15) is 18.4 Å². The molecule has 0 spiro atoms. The number of pyridine rings is 1. The second-order valence-electron chi connectivity index (χ2n) is 10.4. The van der Waals surface area contributed by atoms with Crippen molar-refractivity contribution in [2.24, 2.45) is 0 Å². The number of nitrogens with one attached hydrogen (secondary N) is 1. The summed E-state index contributed by atoms with van der Waals surface area (Å²) in [6.45, 7) is 4.76. The Kier molecular flexibility index (Phi) is 9.04. The van der Waals surface area contributed by atoms with Crippen LogP contribution in [0.2, 0.25) is 5.02 Å². The molecule has 2 fully saturated rings. The maximum Gasteiger partial charge on any atom is 0.270 e. The molecule has 210 valence electrons. The Morgan fingerprint density at radius 2 is 1.52 bits per heavy atom. The summed E-state index contributed by atoms with van der Waals surface area (Å²) in [5.41, 5.74) is 2.64. The van der Waals surface area contributed by atoms with Gasteiger partial charge in [-0.15, -0.1) is 0 Å². The number of aromatic nitrogens is 1. The average molecular weight is 568 g/mol. The van der Waals surface area contributed by atoms with Gasteiger partial charge in [-0.2, -0.15) is 0 Å². The number of hydrogen-bond donors (Lipinski definition) is 1. The summed E-state index contributed by atoms with van der Waals surface area (Å²) in [6, 6.07) is 16.5. The lowest BCUT2D eigenvalue weighted by Crippen LogP contribution is -2.52. The second kappa shape index (κ2) is 12.8. The van der Waals surface area contributed by atoms with E-state index in [0.29, 0.717) is 62.8 Å². The minimum absolute atomic E-state index is 0.141. The Labute approximate surface area is 237 Å². The van der Waals surface area contributed by atoms with E-state index in [4.69, 9.17) is 11.6 Å². The van der Waals surface area contributed by atoms with Crippen LogP contribution in [0.1, 0.15) is 38.4 Å². The molecule has 2 aromatic carbocycles. The molecule has 7 nitrogen and oxygen atoms in total. The van der Waals surface area contributed by atoms with E-state index < -0.39 is 18.1 Å². The van der Waals surface area contributed by atoms with E-state index in [-0.39, 0.29) is 24.0 Å². The molecule has 2 amide bonds. The third-order valence-corrected chi connectivity index (χ3v) is 7.74. The van der Waals surface area contributed by atoms with Crippen molar-refractivity contribution in [2.45, 2.75) is 31.7 Å². The SMILES string of the molecule is O=C(N[C@H]1CCN(Cc2ccc(Cl)cc2)C[C@H]1F)c1ccc(C(=O)N2CCN(Cc3ccc(F)cc3)CC2)cn1. The molecule has 10 heteroatoms. The normalized spacial score (nSPS) is 20.3. The molecule has 2 aliphatic heterocycles. The lowest BCUT2D eigenvalue weighted by Gasteiger charge is -2.35. The second-order valence-corrected chi connectivity index (χ2v) is 10.8. The van der Waals surface area contributed by atoms with Gasteiger partial charge in [0.05, 0.1) is 11.6 Å². The Morgan fingerprint density at radius 1 is 0.875 bits per heavy atom. The molecule has 2 saturated heterocycles. The highest BCUT2D eigenvalue weighted by atomic mass is 35.5. The predicted octanol–water partition coefficient (Wildman–Crippen LogP) is 4.17. The molecule has 1 aromatic heterocycles. The number of amides is 2. The minimum atomic E-state index is -1.20. The molecule has 0 bridgehead atoms. The zero-order chi connectivity index (χ0) is 28.1. The number of rotatable bonds is 7. The van der Waals surface area contributed by atoms with Gasteiger partial charge < -0.3 is 10.2 Å². The van der Waals surface area contributed by atoms with Gasteiger partial charge in [0.15, 0.2) is 0 Å². The van der Waals surface area contributed by atoms with Crippen LogP contribution in [0.3, 0.4) is 0 Å². The number of hydrogen-bond acceptors (Lipinski definition) is 5. The van der Waals surface area contributed by atoms with Crippen molar-refractivity contribution < 1.29 is 18.4 Å². The third-order valence-electron chi connectivity index (χ3n) is 7.48. The van der Waals surface area contributed by atoms with Crippen molar-refractivity contribution in [1.82, 2.24) is 25.0 Å². The van der Waals surface area contributed by atoms with Crippen molar-refractivity contribution >= 4 is 23.4 Å². The molecular weight excluding hydrogens is 536 g/mol. The molecule has 0 aliphatic carbocycles. The van der Waals surface area contributed by atoms with Crippen LogP contribution in [-0.2, 0) is 13.1 Å². The highest BCUT2D eigenvalue weighted by molar-refractivity contribution is 6.30. The van der Waals surface area contributed by atoms with E-state index >= 15 is 0 Å². The Balaban J connectivity index is 1.08. The van der Waals surface area contributed by atoms with Crippen molar-refractivity contribution in [3.8, 4) is 0 Å². The molecule has 2 atom stereocenters. The van der Waals surface area contributed by atoms with Gasteiger partial charge in [-0.05, 0) is 53.9 Å². The maximum atomic E-state index is 14.9. The monoisotopic (exact) mass is 567 g/mol. The first kappa shape index (κ1) is 28.1. The molecule has 1 N–H and O–H groups in total. The van der Waals surface area contributed by atoms with E-state index in [0.717, 1.165) is 11.1 Å². The van der Waals surface area contributed by atoms with Gasteiger partial charge in [-0.3, -0.25) is 24.4 Å². The number of halogens is 3. The van der Waals surface area contributed by atoms with Crippen LogP contribution in [0.25, 0.3) is 0 Å². The molecule has 0 saturated carbocycles. The number of carbonyl (C=O) groups is 2. The Morgan fingerprint density at radius 3 is 2.15 bits per heavy atom. The average Bonchev–Trinajstić information content (AvgIpc) is 2.97. The first-order valence-corrected chi connectivity index (χ1v) is 13.9. The highest BCUT2D eigenvalue weighted by Gasteiger charge is 2.31. The number of piperidine rings is 1. The van der Waals surface area contributed by atoms with E-state index in [2.05, 4.69) is 15.2 Å². The maximum absolute atomic E-state index is 14.9. The van der Waals surface area contributed by atoms with Crippen molar-refractivity contribution in [3.63, 3.8) is 0 Å². The number of alkyl halides is 1. The predicted molar refractivity (Wildman–Crippen MR) is 149 cm³/mol. The zero-order valence-electron chi connectivity index (χ0n) is 22.1.